The Morgan fingerprint density at radius 3 is 2.43 bits per heavy atom. The summed E-state index contributed by atoms with van der Waals surface area (Å²) in [5, 5.41) is 0. The molecule has 0 atom stereocenters. The number of anilines is 1. The summed E-state index contributed by atoms with van der Waals surface area (Å²) in [6, 6.07) is 12.9. The lowest BCUT2D eigenvalue weighted by Gasteiger charge is -2.35. The van der Waals surface area contributed by atoms with E-state index < -0.39 is 0 Å². The van der Waals surface area contributed by atoms with Gasteiger partial charge in [0.25, 0.3) is 0 Å². The molecule has 2 aromatic rings. The number of nitrogens with one attached hydrogen (secondary N) is 1. The number of hydrogen-bond acceptors (Lipinski definition) is 4. The molecule has 0 aliphatic carbocycles. The summed E-state index contributed by atoms with van der Waals surface area (Å²) < 4.78 is 5.35. The summed E-state index contributed by atoms with van der Waals surface area (Å²) in [5.74, 6) is 0. The number of pyridine rings is 1. The van der Waals surface area contributed by atoms with Crippen LogP contribution in [-0.4, -0.2) is 42.2 Å². The van der Waals surface area contributed by atoms with Crippen LogP contribution in [0.4, 0.5) is 10.5 Å². The van der Waals surface area contributed by atoms with Crippen LogP contribution in [0.25, 0.3) is 0 Å². The molecule has 1 aliphatic rings. The Morgan fingerprint density at radius 2 is 1.78 bits per heavy atom. The molecule has 0 spiro atoms. The Bertz CT molecular complexity index is 686. The number of aromatic amines is 1. The van der Waals surface area contributed by atoms with Crippen LogP contribution < -0.4 is 10.5 Å². The van der Waals surface area contributed by atoms with Crippen LogP contribution in [-0.2, 0) is 11.3 Å². The van der Waals surface area contributed by atoms with Gasteiger partial charge in [-0.15, -0.1) is 0 Å². The highest BCUT2D eigenvalue weighted by atomic mass is 16.6. The first-order chi connectivity index (χ1) is 11.2. The van der Waals surface area contributed by atoms with Crippen molar-refractivity contribution in [3.63, 3.8) is 0 Å². The minimum absolute atomic E-state index is 0.114. The molecule has 2 heterocycles. The topological polar surface area (TPSA) is 65.6 Å². The highest BCUT2D eigenvalue weighted by molar-refractivity contribution is 5.68. The lowest BCUT2D eigenvalue weighted by molar-refractivity contribution is 0.0942. The van der Waals surface area contributed by atoms with Gasteiger partial charge in [0.05, 0.1) is 5.69 Å². The van der Waals surface area contributed by atoms with Gasteiger partial charge in [-0.3, -0.25) is 4.79 Å². The Labute approximate surface area is 134 Å². The standard InChI is InChI=1S/C17H19N3O3/c21-16-7-6-15(12-18-16)19-8-10-20(11-9-19)17(22)23-13-14-4-2-1-3-5-14/h1-7,12H,8-11,13H2,(H,18,21). The third-order valence-electron chi connectivity index (χ3n) is 3.88. The molecule has 1 amide bonds. The van der Waals surface area contributed by atoms with Crippen molar-refractivity contribution in [2.24, 2.45) is 0 Å². The third-order valence-corrected chi connectivity index (χ3v) is 3.88. The van der Waals surface area contributed by atoms with Gasteiger partial charge in [-0.1, -0.05) is 30.3 Å². The van der Waals surface area contributed by atoms with Gasteiger partial charge < -0.3 is 19.5 Å². The van der Waals surface area contributed by atoms with Gasteiger partial charge in [-0.2, -0.15) is 0 Å². The van der Waals surface area contributed by atoms with Gasteiger partial charge in [0.15, 0.2) is 0 Å². The summed E-state index contributed by atoms with van der Waals surface area (Å²) in [7, 11) is 0. The normalized spacial score (nSPS) is 14.6. The first-order valence-electron chi connectivity index (χ1n) is 7.62. The largest absolute Gasteiger partial charge is 0.445 e. The molecule has 120 valence electrons. The maximum atomic E-state index is 12.1. The number of H-pyrrole nitrogens is 1. The zero-order chi connectivity index (χ0) is 16.1. The molecule has 1 aromatic heterocycles. The fourth-order valence-corrected chi connectivity index (χ4v) is 2.56. The number of carbonyl (C=O) groups is 1. The van der Waals surface area contributed by atoms with E-state index in [1.165, 1.54) is 6.07 Å². The van der Waals surface area contributed by atoms with E-state index in [-0.39, 0.29) is 11.7 Å². The monoisotopic (exact) mass is 313 g/mol. The van der Waals surface area contributed by atoms with Crippen molar-refractivity contribution >= 4 is 11.8 Å². The Balaban J connectivity index is 1.49. The van der Waals surface area contributed by atoms with Gasteiger partial charge in [-0.05, 0) is 11.6 Å². The molecule has 6 heteroatoms. The molecule has 1 aromatic carbocycles. The minimum atomic E-state index is -0.282. The number of carbonyl (C=O) groups excluding carboxylic acids is 1. The zero-order valence-corrected chi connectivity index (χ0v) is 12.8. The average Bonchev–Trinajstić information content (AvgIpc) is 2.61. The molecular formula is C17H19N3O3. The van der Waals surface area contributed by atoms with E-state index in [1.54, 1.807) is 17.2 Å². The summed E-state index contributed by atoms with van der Waals surface area (Å²) in [4.78, 5) is 29.7. The molecule has 1 fully saturated rings. The molecule has 0 radical (unpaired) electrons. The van der Waals surface area contributed by atoms with Crippen LogP contribution in [0.3, 0.4) is 0 Å². The van der Waals surface area contributed by atoms with Crippen LogP contribution in [0, 0.1) is 0 Å². The zero-order valence-electron chi connectivity index (χ0n) is 12.8. The molecule has 23 heavy (non-hydrogen) atoms. The highest BCUT2D eigenvalue weighted by Gasteiger charge is 2.22. The smallest absolute Gasteiger partial charge is 0.410 e. The van der Waals surface area contributed by atoms with E-state index in [9.17, 15) is 9.59 Å². The van der Waals surface area contributed by atoms with Crippen molar-refractivity contribution in [3.05, 3.63) is 64.6 Å². The van der Waals surface area contributed by atoms with Gasteiger partial charge in [-0.25, -0.2) is 4.79 Å². The van der Waals surface area contributed by atoms with Crippen LogP contribution in [0.15, 0.2) is 53.5 Å². The number of benzene rings is 1. The molecule has 1 aliphatic heterocycles. The van der Waals surface area contributed by atoms with Crippen LogP contribution in [0.1, 0.15) is 5.56 Å². The average molecular weight is 313 g/mol. The van der Waals surface area contributed by atoms with Crippen molar-refractivity contribution in [2.45, 2.75) is 6.61 Å². The molecule has 6 nitrogen and oxygen atoms in total. The number of hydrogen-bond donors (Lipinski definition) is 1. The maximum absolute atomic E-state index is 12.1. The number of amides is 1. The van der Waals surface area contributed by atoms with Crippen molar-refractivity contribution < 1.29 is 9.53 Å². The van der Waals surface area contributed by atoms with E-state index in [0.29, 0.717) is 32.8 Å². The van der Waals surface area contributed by atoms with E-state index >= 15 is 0 Å². The molecule has 0 saturated carbocycles. The second-order valence-electron chi connectivity index (χ2n) is 5.43. The molecule has 0 unspecified atom stereocenters. The van der Waals surface area contributed by atoms with E-state index in [4.69, 9.17) is 4.74 Å². The lowest BCUT2D eigenvalue weighted by Crippen LogP contribution is -2.49. The summed E-state index contributed by atoms with van der Waals surface area (Å²) in [6.07, 6.45) is 1.42. The number of nitrogens with zero attached hydrogens (tertiary/aromatic N) is 2. The Kier molecular flexibility index (Phi) is 4.61. The van der Waals surface area contributed by atoms with Crippen LogP contribution in [0.2, 0.25) is 0 Å². The number of piperazine rings is 1. The maximum Gasteiger partial charge on any atom is 0.410 e. The quantitative estimate of drug-likeness (QED) is 0.939. The Hall–Kier alpha value is -2.76. The second kappa shape index (κ2) is 7.00. The summed E-state index contributed by atoms with van der Waals surface area (Å²) in [5.41, 5.74) is 1.83. The molecule has 1 N–H and O–H groups in total. The van der Waals surface area contributed by atoms with Crippen molar-refractivity contribution in [3.8, 4) is 0 Å². The van der Waals surface area contributed by atoms with Gasteiger partial charge in [0, 0.05) is 38.4 Å². The molecular weight excluding hydrogens is 294 g/mol. The van der Waals surface area contributed by atoms with Gasteiger partial charge >= 0.3 is 6.09 Å². The fourth-order valence-electron chi connectivity index (χ4n) is 2.56. The predicted molar refractivity (Wildman–Crippen MR) is 87.5 cm³/mol. The fraction of sp³-hybridized carbons (Fsp3) is 0.294. The summed E-state index contributed by atoms with van der Waals surface area (Å²) in [6.45, 7) is 2.93. The number of aromatic nitrogens is 1. The summed E-state index contributed by atoms with van der Waals surface area (Å²) >= 11 is 0. The SMILES string of the molecule is O=C(OCc1ccccc1)N1CCN(c2ccc(=O)[nH]c2)CC1. The first kappa shape index (κ1) is 15.1. The van der Waals surface area contributed by atoms with Crippen LogP contribution >= 0.6 is 0 Å². The van der Waals surface area contributed by atoms with Crippen molar-refractivity contribution in [2.75, 3.05) is 31.1 Å². The molecule has 0 bridgehead atoms. The number of rotatable bonds is 3. The predicted octanol–water partition coefficient (Wildman–Crippen LogP) is 1.83. The van der Waals surface area contributed by atoms with E-state index in [0.717, 1.165) is 11.3 Å². The third kappa shape index (κ3) is 3.91. The van der Waals surface area contributed by atoms with Crippen molar-refractivity contribution in [1.82, 2.24) is 9.88 Å². The van der Waals surface area contributed by atoms with Crippen LogP contribution in [0.5, 0.6) is 0 Å². The minimum Gasteiger partial charge on any atom is -0.445 e. The number of ether oxygens (including phenoxy) is 1. The van der Waals surface area contributed by atoms with E-state index in [1.807, 2.05) is 30.3 Å². The molecule has 1 saturated heterocycles. The van der Waals surface area contributed by atoms with Gasteiger partial charge in [0.1, 0.15) is 6.61 Å². The second-order valence-corrected chi connectivity index (χ2v) is 5.43. The first-order valence-corrected chi connectivity index (χ1v) is 7.62. The lowest BCUT2D eigenvalue weighted by atomic mass is 10.2. The van der Waals surface area contributed by atoms with Crippen molar-refractivity contribution in [1.29, 1.82) is 0 Å². The van der Waals surface area contributed by atoms with Gasteiger partial charge in [0.2, 0.25) is 5.56 Å². The highest BCUT2D eigenvalue weighted by Crippen LogP contribution is 2.14. The molecule has 3 rings (SSSR count). The Morgan fingerprint density at radius 1 is 1.04 bits per heavy atom. The van der Waals surface area contributed by atoms with E-state index in [2.05, 4.69) is 9.88 Å².